The number of ether oxygens (including phenoxy) is 2. The van der Waals surface area contributed by atoms with E-state index in [1.54, 1.807) is 0 Å². The van der Waals surface area contributed by atoms with E-state index in [2.05, 4.69) is 47.9 Å². The van der Waals surface area contributed by atoms with Crippen LogP contribution in [-0.2, 0) is 9.47 Å². The number of nitrogens with two attached hydrogens (primary N) is 2. The largest absolute Gasteiger partial charge is 0.399 e. The Balaban J connectivity index is 1.14. The predicted molar refractivity (Wildman–Crippen MR) is 138 cm³/mol. The van der Waals surface area contributed by atoms with Crippen molar-refractivity contribution in [1.29, 1.82) is 0 Å². The molecular formula is C27H40N4O2. The molecule has 0 saturated carbocycles. The van der Waals surface area contributed by atoms with Gasteiger partial charge >= 0.3 is 0 Å². The number of hydrogen-bond donors (Lipinski definition) is 2. The summed E-state index contributed by atoms with van der Waals surface area (Å²) in [5.74, 6) is 0. The maximum atomic E-state index is 6.04. The summed E-state index contributed by atoms with van der Waals surface area (Å²) in [6.07, 6.45) is 5.73. The van der Waals surface area contributed by atoms with Crippen molar-refractivity contribution >= 4 is 22.7 Å². The van der Waals surface area contributed by atoms with Crippen molar-refractivity contribution in [3.05, 3.63) is 47.5 Å². The molecule has 2 atom stereocenters. The Kier molecular flexibility index (Phi) is 7.99. The molecule has 6 heteroatoms. The number of aryl methyl sites for hydroxylation is 2. The Hall–Kier alpha value is -2.44. The molecule has 2 saturated heterocycles. The van der Waals surface area contributed by atoms with E-state index < -0.39 is 0 Å². The van der Waals surface area contributed by atoms with E-state index in [1.165, 1.54) is 37.1 Å². The van der Waals surface area contributed by atoms with Gasteiger partial charge in [0.25, 0.3) is 0 Å². The fraction of sp³-hybridized carbons (Fsp3) is 0.556. The van der Waals surface area contributed by atoms with Crippen LogP contribution in [0, 0.1) is 13.8 Å². The fourth-order valence-corrected chi connectivity index (χ4v) is 5.08. The second-order valence-corrected chi connectivity index (χ2v) is 9.56. The summed E-state index contributed by atoms with van der Waals surface area (Å²) in [5.41, 5.74) is 18.5. The van der Waals surface area contributed by atoms with E-state index in [1.807, 2.05) is 12.1 Å². The molecule has 2 aromatic rings. The molecule has 2 heterocycles. The number of benzene rings is 2. The van der Waals surface area contributed by atoms with Crippen LogP contribution in [0.2, 0.25) is 0 Å². The SMILES string of the molecule is Cc1cc(N2CCCC2COCCCOCC2CCCN2c2ccc(N)c(C)c2)ccc1N. The fourth-order valence-electron chi connectivity index (χ4n) is 5.08. The molecule has 0 amide bonds. The van der Waals surface area contributed by atoms with Gasteiger partial charge in [0.1, 0.15) is 0 Å². The van der Waals surface area contributed by atoms with Gasteiger partial charge in [-0.25, -0.2) is 0 Å². The minimum atomic E-state index is 0.448. The number of nitrogen functional groups attached to an aromatic ring is 2. The molecule has 2 fully saturated rings. The van der Waals surface area contributed by atoms with Crippen LogP contribution in [-0.4, -0.2) is 51.6 Å². The summed E-state index contributed by atoms with van der Waals surface area (Å²) >= 11 is 0. The van der Waals surface area contributed by atoms with Crippen molar-refractivity contribution in [3.8, 4) is 0 Å². The molecule has 0 radical (unpaired) electrons. The summed E-state index contributed by atoms with van der Waals surface area (Å²) in [4.78, 5) is 4.94. The molecular weight excluding hydrogens is 412 g/mol. The normalized spacial score (nSPS) is 20.7. The highest BCUT2D eigenvalue weighted by molar-refractivity contribution is 5.59. The molecule has 2 aliphatic heterocycles. The number of anilines is 4. The standard InChI is InChI=1S/C27H40N4O2/c1-20-16-22(8-10-26(20)28)30-12-3-6-24(30)18-32-14-5-15-33-19-25-7-4-13-31(25)23-9-11-27(29)21(2)17-23/h8-11,16-17,24-25H,3-7,12-15,18-19,28-29H2,1-2H3. The van der Waals surface area contributed by atoms with E-state index in [0.29, 0.717) is 12.1 Å². The van der Waals surface area contributed by atoms with E-state index in [-0.39, 0.29) is 0 Å². The Morgan fingerprint density at radius 3 is 1.64 bits per heavy atom. The van der Waals surface area contributed by atoms with Crippen LogP contribution in [0.25, 0.3) is 0 Å². The van der Waals surface area contributed by atoms with Gasteiger partial charge in [-0.05, 0) is 93.5 Å². The Bertz CT molecular complexity index is 845. The number of rotatable bonds is 10. The van der Waals surface area contributed by atoms with Crippen molar-refractivity contribution < 1.29 is 9.47 Å². The lowest BCUT2D eigenvalue weighted by Gasteiger charge is -2.28. The molecule has 4 N–H and O–H groups in total. The maximum absolute atomic E-state index is 6.04. The third kappa shape index (κ3) is 5.92. The smallest absolute Gasteiger partial charge is 0.0670 e. The monoisotopic (exact) mass is 452 g/mol. The van der Waals surface area contributed by atoms with Gasteiger partial charge in [-0.1, -0.05) is 0 Å². The van der Waals surface area contributed by atoms with Gasteiger partial charge < -0.3 is 30.7 Å². The zero-order valence-corrected chi connectivity index (χ0v) is 20.3. The first-order chi connectivity index (χ1) is 16.0. The molecule has 33 heavy (non-hydrogen) atoms. The van der Waals surface area contributed by atoms with Crippen LogP contribution in [0.4, 0.5) is 22.7 Å². The van der Waals surface area contributed by atoms with Crippen LogP contribution < -0.4 is 21.3 Å². The van der Waals surface area contributed by atoms with E-state index in [4.69, 9.17) is 20.9 Å². The molecule has 0 spiro atoms. The first-order valence-corrected chi connectivity index (χ1v) is 12.4. The molecule has 4 rings (SSSR count). The highest BCUT2D eigenvalue weighted by atomic mass is 16.5. The molecule has 0 aliphatic carbocycles. The van der Waals surface area contributed by atoms with Gasteiger partial charge in [-0.2, -0.15) is 0 Å². The van der Waals surface area contributed by atoms with Crippen molar-refractivity contribution in [2.45, 2.75) is 58.0 Å². The third-order valence-electron chi connectivity index (χ3n) is 7.12. The van der Waals surface area contributed by atoms with Crippen LogP contribution >= 0.6 is 0 Å². The maximum Gasteiger partial charge on any atom is 0.0670 e. The van der Waals surface area contributed by atoms with Crippen molar-refractivity contribution in [2.75, 3.05) is 60.8 Å². The zero-order valence-electron chi connectivity index (χ0n) is 20.3. The van der Waals surface area contributed by atoms with Crippen LogP contribution in [0.1, 0.15) is 43.2 Å². The van der Waals surface area contributed by atoms with Crippen molar-refractivity contribution in [2.24, 2.45) is 0 Å². The highest BCUT2D eigenvalue weighted by Gasteiger charge is 2.26. The summed E-state index contributed by atoms with van der Waals surface area (Å²) in [6, 6.07) is 13.6. The summed E-state index contributed by atoms with van der Waals surface area (Å²) in [6.45, 7) is 9.36. The highest BCUT2D eigenvalue weighted by Crippen LogP contribution is 2.29. The Labute approximate surface area is 198 Å². The van der Waals surface area contributed by atoms with Gasteiger partial charge in [0.15, 0.2) is 0 Å². The molecule has 180 valence electrons. The molecule has 0 aromatic heterocycles. The van der Waals surface area contributed by atoms with Gasteiger partial charge in [0.2, 0.25) is 0 Å². The quantitative estimate of drug-likeness (QED) is 0.407. The first kappa shape index (κ1) is 23.7. The Morgan fingerprint density at radius 2 is 1.21 bits per heavy atom. The van der Waals surface area contributed by atoms with Crippen molar-refractivity contribution in [1.82, 2.24) is 0 Å². The molecule has 2 unspecified atom stereocenters. The van der Waals surface area contributed by atoms with Crippen LogP contribution in [0.5, 0.6) is 0 Å². The predicted octanol–water partition coefficient (Wildman–Crippen LogP) is 4.53. The lowest BCUT2D eigenvalue weighted by molar-refractivity contribution is 0.0727. The zero-order chi connectivity index (χ0) is 23.2. The average Bonchev–Trinajstić information content (AvgIpc) is 3.46. The van der Waals surface area contributed by atoms with Gasteiger partial charge in [0, 0.05) is 49.1 Å². The van der Waals surface area contributed by atoms with Gasteiger partial charge in [-0.15, -0.1) is 0 Å². The van der Waals surface area contributed by atoms with Crippen molar-refractivity contribution in [3.63, 3.8) is 0 Å². The lowest BCUT2D eigenvalue weighted by atomic mass is 10.1. The summed E-state index contributed by atoms with van der Waals surface area (Å²) < 4.78 is 12.1. The molecule has 2 aromatic carbocycles. The van der Waals surface area contributed by atoms with Gasteiger partial charge in [-0.3, -0.25) is 0 Å². The molecule has 6 nitrogen and oxygen atoms in total. The molecule has 0 bridgehead atoms. The van der Waals surface area contributed by atoms with E-state index >= 15 is 0 Å². The summed E-state index contributed by atoms with van der Waals surface area (Å²) in [5, 5.41) is 0. The average molecular weight is 453 g/mol. The van der Waals surface area contributed by atoms with E-state index in [0.717, 1.165) is 68.4 Å². The van der Waals surface area contributed by atoms with Crippen LogP contribution in [0.3, 0.4) is 0 Å². The lowest BCUT2D eigenvalue weighted by Crippen LogP contribution is -2.34. The third-order valence-corrected chi connectivity index (χ3v) is 7.12. The first-order valence-electron chi connectivity index (χ1n) is 12.4. The topological polar surface area (TPSA) is 77.0 Å². The molecule has 2 aliphatic rings. The minimum Gasteiger partial charge on any atom is -0.399 e. The Morgan fingerprint density at radius 1 is 0.758 bits per heavy atom. The van der Waals surface area contributed by atoms with Gasteiger partial charge in [0.05, 0.1) is 25.3 Å². The number of nitrogens with zero attached hydrogens (tertiary/aromatic N) is 2. The summed E-state index contributed by atoms with van der Waals surface area (Å²) in [7, 11) is 0. The van der Waals surface area contributed by atoms with Crippen LogP contribution in [0.15, 0.2) is 36.4 Å². The van der Waals surface area contributed by atoms with E-state index in [9.17, 15) is 0 Å². The second kappa shape index (κ2) is 11.1. The second-order valence-electron chi connectivity index (χ2n) is 9.56. The minimum absolute atomic E-state index is 0.448. The number of hydrogen-bond acceptors (Lipinski definition) is 6.